The quantitative estimate of drug-likeness (QED) is 0.198. The van der Waals surface area contributed by atoms with Crippen LogP contribution in [0.2, 0.25) is 0 Å². The second-order valence-electron chi connectivity index (χ2n) is 10.1. The van der Waals surface area contributed by atoms with E-state index in [1.807, 2.05) is 0 Å². The number of hydrogen-bond acceptors (Lipinski definition) is 1. The Labute approximate surface area is 195 Å². The van der Waals surface area contributed by atoms with E-state index in [9.17, 15) is 0 Å². The van der Waals surface area contributed by atoms with Crippen molar-refractivity contribution in [1.82, 2.24) is 0 Å². The van der Waals surface area contributed by atoms with Gasteiger partial charge in [0.15, 0.2) is 6.20 Å². The Hall–Kier alpha value is -3.39. The third-order valence-electron chi connectivity index (χ3n) is 7.37. The van der Waals surface area contributed by atoms with Crippen molar-refractivity contribution in [1.29, 1.82) is 0 Å². The molecular formula is C31H30NO+. The van der Waals surface area contributed by atoms with E-state index in [0.717, 1.165) is 11.5 Å². The molecule has 2 heterocycles. The molecule has 0 fully saturated rings. The number of aromatic nitrogens is 1. The first-order chi connectivity index (χ1) is 15.9. The van der Waals surface area contributed by atoms with Crippen molar-refractivity contribution in [3.05, 3.63) is 77.5 Å². The van der Waals surface area contributed by atoms with Gasteiger partial charge in [0, 0.05) is 17.0 Å². The van der Waals surface area contributed by atoms with Gasteiger partial charge in [0.1, 0.15) is 18.5 Å². The third kappa shape index (κ3) is 2.76. The molecule has 0 amide bonds. The van der Waals surface area contributed by atoms with Gasteiger partial charge in [-0.05, 0) is 57.5 Å². The maximum atomic E-state index is 6.99. The average Bonchev–Trinajstić information content (AvgIpc) is 2.80. The summed E-state index contributed by atoms with van der Waals surface area (Å²) in [5.74, 6) is 2.86. The van der Waals surface area contributed by atoms with Crippen molar-refractivity contribution < 1.29 is 9.30 Å². The molecule has 0 saturated heterocycles. The predicted molar refractivity (Wildman–Crippen MR) is 139 cm³/mol. The van der Waals surface area contributed by atoms with E-state index in [4.69, 9.17) is 4.74 Å². The molecule has 0 N–H and O–H groups in total. The van der Waals surface area contributed by atoms with Gasteiger partial charge in [0.25, 0.3) is 0 Å². The number of nitrogens with zero attached hydrogens (tertiary/aromatic N) is 1. The fourth-order valence-electron chi connectivity index (χ4n) is 5.67. The Bertz CT molecular complexity index is 1610. The van der Waals surface area contributed by atoms with Crippen LogP contribution in [0.1, 0.15) is 56.2 Å². The van der Waals surface area contributed by atoms with E-state index in [-0.39, 0.29) is 0 Å². The molecule has 0 saturated carbocycles. The lowest BCUT2D eigenvalue weighted by Gasteiger charge is -2.27. The number of hydrogen-bond donors (Lipinski definition) is 0. The number of benzene rings is 4. The minimum Gasteiger partial charge on any atom is -0.455 e. The highest BCUT2D eigenvalue weighted by Gasteiger charge is 2.34. The zero-order valence-electron chi connectivity index (χ0n) is 20.3. The second-order valence-corrected chi connectivity index (χ2v) is 10.1. The maximum absolute atomic E-state index is 6.99. The summed E-state index contributed by atoms with van der Waals surface area (Å²) in [7, 11) is 2.16. The number of rotatable bonds is 2. The summed E-state index contributed by atoms with van der Waals surface area (Å²) in [6.07, 6.45) is 2.19. The van der Waals surface area contributed by atoms with E-state index in [2.05, 4.69) is 107 Å². The van der Waals surface area contributed by atoms with Crippen molar-refractivity contribution in [2.24, 2.45) is 7.05 Å². The van der Waals surface area contributed by atoms with Gasteiger partial charge in [-0.25, -0.2) is 4.57 Å². The molecule has 4 aromatic carbocycles. The monoisotopic (exact) mass is 432 g/mol. The highest BCUT2D eigenvalue weighted by Crippen LogP contribution is 2.54. The van der Waals surface area contributed by atoms with Gasteiger partial charge in [0.05, 0.1) is 10.9 Å². The molecule has 0 unspecified atom stereocenters. The first-order valence-corrected chi connectivity index (χ1v) is 12.0. The second kappa shape index (κ2) is 7.05. The van der Waals surface area contributed by atoms with E-state index >= 15 is 0 Å². The van der Waals surface area contributed by atoms with Crippen LogP contribution >= 0.6 is 0 Å². The highest BCUT2D eigenvalue weighted by atomic mass is 16.5. The van der Waals surface area contributed by atoms with Gasteiger partial charge < -0.3 is 4.74 Å². The van der Waals surface area contributed by atoms with Gasteiger partial charge in [0.2, 0.25) is 5.69 Å². The van der Waals surface area contributed by atoms with E-state index in [1.54, 1.807) is 0 Å². The van der Waals surface area contributed by atoms with Crippen LogP contribution < -0.4 is 9.30 Å². The van der Waals surface area contributed by atoms with Crippen molar-refractivity contribution in [3.8, 4) is 22.8 Å². The molecule has 0 bridgehead atoms. The lowest BCUT2D eigenvalue weighted by molar-refractivity contribution is -0.659. The first-order valence-electron chi connectivity index (χ1n) is 12.0. The summed E-state index contributed by atoms with van der Waals surface area (Å²) in [5, 5.41) is 7.48. The molecule has 2 heteroatoms. The van der Waals surface area contributed by atoms with Crippen LogP contribution in [0.25, 0.3) is 43.6 Å². The number of pyridine rings is 1. The molecule has 1 aromatic heterocycles. The fraction of sp³-hybridized carbons (Fsp3) is 0.258. The SMILES string of the molecule is Cc1c2c(c(C(C)C)c3ccccc13)Oc1c3ccc(C(C)C)cc3cc3cc[n+](C)c-2c13. The molecule has 0 spiro atoms. The maximum Gasteiger partial charge on any atom is 0.228 e. The molecule has 6 rings (SSSR count). The average molecular weight is 433 g/mol. The third-order valence-corrected chi connectivity index (χ3v) is 7.37. The van der Waals surface area contributed by atoms with Gasteiger partial charge in [-0.1, -0.05) is 70.2 Å². The molecule has 1 aliphatic rings. The first kappa shape index (κ1) is 20.2. The topological polar surface area (TPSA) is 13.1 Å². The zero-order chi connectivity index (χ0) is 23.0. The van der Waals surface area contributed by atoms with Crippen LogP contribution in [0.15, 0.2) is 60.8 Å². The molecule has 1 aliphatic heterocycles. The van der Waals surface area contributed by atoms with Crippen molar-refractivity contribution >= 4 is 32.3 Å². The summed E-state index contributed by atoms with van der Waals surface area (Å²) in [6, 6.07) is 20.2. The summed E-state index contributed by atoms with van der Waals surface area (Å²) < 4.78 is 9.26. The van der Waals surface area contributed by atoms with Crippen LogP contribution in [0.3, 0.4) is 0 Å². The number of ether oxygens (including phenoxy) is 1. The standard InChI is InChI=1S/C31H30NO/c1-17(2)20-11-12-24-22(15-20)16-21-13-14-32(6)29-27-19(5)23-9-7-8-10-25(23)26(18(3)4)31(27)33-30(24)28(21)29/h7-18H,1-6H3/q+1. The van der Waals surface area contributed by atoms with Crippen LogP contribution in [0.4, 0.5) is 0 Å². The lowest BCUT2D eigenvalue weighted by atomic mass is 9.84. The Morgan fingerprint density at radius 2 is 1.52 bits per heavy atom. The van der Waals surface area contributed by atoms with E-state index in [0.29, 0.717) is 11.8 Å². The summed E-state index contributed by atoms with van der Waals surface area (Å²) >= 11 is 0. The van der Waals surface area contributed by atoms with Crippen molar-refractivity contribution in [2.45, 2.75) is 46.5 Å². The molecule has 0 aliphatic carbocycles. The van der Waals surface area contributed by atoms with Gasteiger partial charge in [-0.15, -0.1) is 0 Å². The van der Waals surface area contributed by atoms with E-state index in [1.165, 1.54) is 60.3 Å². The van der Waals surface area contributed by atoms with Crippen LogP contribution in [-0.2, 0) is 7.05 Å². The van der Waals surface area contributed by atoms with Gasteiger partial charge in [-0.2, -0.15) is 0 Å². The minimum atomic E-state index is 0.345. The molecule has 33 heavy (non-hydrogen) atoms. The highest BCUT2D eigenvalue weighted by molar-refractivity contribution is 6.13. The smallest absolute Gasteiger partial charge is 0.228 e. The minimum absolute atomic E-state index is 0.345. The van der Waals surface area contributed by atoms with Crippen molar-refractivity contribution in [2.75, 3.05) is 0 Å². The normalized spacial score (nSPS) is 12.7. The van der Waals surface area contributed by atoms with E-state index < -0.39 is 0 Å². The zero-order valence-corrected chi connectivity index (χ0v) is 20.3. The molecule has 2 nitrogen and oxygen atoms in total. The Balaban J connectivity index is 1.82. The van der Waals surface area contributed by atoms with Gasteiger partial charge >= 0.3 is 0 Å². The van der Waals surface area contributed by atoms with Crippen molar-refractivity contribution in [3.63, 3.8) is 0 Å². The predicted octanol–water partition coefficient (Wildman–Crippen LogP) is 8.30. The number of fused-ring (bicyclic) bond motifs is 5. The van der Waals surface area contributed by atoms with Gasteiger partial charge in [-0.3, -0.25) is 0 Å². The fourth-order valence-corrected chi connectivity index (χ4v) is 5.67. The molecule has 164 valence electrons. The van der Waals surface area contributed by atoms with Crippen LogP contribution in [0, 0.1) is 6.92 Å². The van der Waals surface area contributed by atoms with Crippen LogP contribution in [0.5, 0.6) is 11.5 Å². The number of aryl methyl sites for hydroxylation is 2. The molecular weight excluding hydrogens is 402 g/mol. The lowest BCUT2D eigenvalue weighted by Crippen LogP contribution is -2.32. The Morgan fingerprint density at radius 3 is 2.24 bits per heavy atom. The Morgan fingerprint density at radius 1 is 0.758 bits per heavy atom. The largest absolute Gasteiger partial charge is 0.455 e. The molecule has 0 radical (unpaired) electrons. The molecule has 5 aromatic rings. The molecule has 0 atom stereocenters. The Kier molecular flexibility index (Phi) is 4.32. The summed E-state index contributed by atoms with van der Waals surface area (Å²) in [5.41, 5.74) is 6.43. The summed E-state index contributed by atoms with van der Waals surface area (Å²) in [4.78, 5) is 0. The van der Waals surface area contributed by atoms with Crippen LogP contribution in [-0.4, -0.2) is 0 Å². The summed E-state index contributed by atoms with van der Waals surface area (Å²) in [6.45, 7) is 11.3.